The van der Waals surface area contributed by atoms with Crippen molar-refractivity contribution in [3.8, 4) is 0 Å². The van der Waals surface area contributed by atoms with E-state index in [9.17, 15) is 0 Å². The van der Waals surface area contributed by atoms with Gasteiger partial charge in [-0.2, -0.15) is 11.8 Å². The van der Waals surface area contributed by atoms with Gasteiger partial charge in [0.15, 0.2) is 0 Å². The second-order valence-corrected chi connectivity index (χ2v) is 5.90. The molecule has 2 rings (SSSR count). The average molecular weight is 250 g/mol. The van der Waals surface area contributed by atoms with Crippen LogP contribution in [0.4, 0.5) is 0 Å². The number of nitrogens with two attached hydrogens (primary N) is 1. The molecule has 3 heteroatoms. The summed E-state index contributed by atoms with van der Waals surface area (Å²) in [6.45, 7) is 3.34. The van der Waals surface area contributed by atoms with Gasteiger partial charge in [0.05, 0.1) is 0 Å². The number of nitrogens with zero attached hydrogens (tertiary/aromatic N) is 1. The van der Waals surface area contributed by atoms with Crippen LogP contribution in [0.3, 0.4) is 0 Å². The zero-order valence-electron chi connectivity index (χ0n) is 10.7. The number of hydrogen-bond acceptors (Lipinski definition) is 3. The molecular weight excluding hydrogens is 228 g/mol. The van der Waals surface area contributed by atoms with Crippen molar-refractivity contribution in [1.29, 1.82) is 0 Å². The van der Waals surface area contributed by atoms with Gasteiger partial charge in [-0.1, -0.05) is 31.2 Å². The van der Waals surface area contributed by atoms with E-state index >= 15 is 0 Å². The molecule has 1 saturated heterocycles. The van der Waals surface area contributed by atoms with Crippen LogP contribution in [-0.4, -0.2) is 36.0 Å². The normalized spacial score (nSPS) is 23.6. The molecular formula is C14H22N2S. The minimum atomic E-state index is 0.138. The molecule has 94 valence electrons. The highest BCUT2D eigenvalue weighted by molar-refractivity contribution is 7.99. The Morgan fingerprint density at radius 2 is 2.35 bits per heavy atom. The number of rotatable bonds is 3. The Bertz CT molecular complexity index is 367. The molecule has 2 unspecified atom stereocenters. The summed E-state index contributed by atoms with van der Waals surface area (Å²) < 4.78 is 0. The second-order valence-electron chi connectivity index (χ2n) is 4.75. The maximum Gasteiger partial charge on any atom is 0.0461 e. The Balaban J connectivity index is 2.14. The maximum atomic E-state index is 6.43. The minimum absolute atomic E-state index is 0.138. The lowest BCUT2D eigenvalue weighted by Gasteiger charge is -2.36. The van der Waals surface area contributed by atoms with E-state index in [0.717, 1.165) is 18.7 Å². The fourth-order valence-electron chi connectivity index (χ4n) is 2.33. The monoisotopic (exact) mass is 250 g/mol. The molecule has 17 heavy (non-hydrogen) atoms. The van der Waals surface area contributed by atoms with Gasteiger partial charge < -0.3 is 5.73 Å². The number of aryl methyl sites for hydroxylation is 1. The van der Waals surface area contributed by atoms with Crippen LogP contribution in [0.25, 0.3) is 0 Å². The fraction of sp³-hybridized carbons (Fsp3) is 0.571. The molecule has 1 aromatic rings. The number of hydrogen-bond donors (Lipinski definition) is 1. The third-order valence-corrected chi connectivity index (χ3v) is 4.65. The maximum absolute atomic E-state index is 6.43. The molecule has 1 aliphatic rings. The van der Waals surface area contributed by atoms with Gasteiger partial charge in [-0.05, 0) is 24.6 Å². The van der Waals surface area contributed by atoms with E-state index in [1.807, 2.05) is 11.8 Å². The highest BCUT2D eigenvalue weighted by atomic mass is 32.2. The molecule has 0 saturated carbocycles. The summed E-state index contributed by atoms with van der Waals surface area (Å²) in [7, 11) is 2.19. The van der Waals surface area contributed by atoms with Crippen molar-refractivity contribution in [3.63, 3.8) is 0 Å². The lowest BCUT2D eigenvalue weighted by atomic mass is 9.97. The van der Waals surface area contributed by atoms with Crippen LogP contribution >= 0.6 is 11.8 Å². The summed E-state index contributed by atoms with van der Waals surface area (Å²) >= 11 is 2.02. The second kappa shape index (κ2) is 5.89. The van der Waals surface area contributed by atoms with Crippen LogP contribution in [0.5, 0.6) is 0 Å². The molecule has 1 aliphatic heterocycles. The molecule has 0 amide bonds. The van der Waals surface area contributed by atoms with Gasteiger partial charge in [-0.15, -0.1) is 0 Å². The first-order valence-corrected chi connectivity index (χ1v) is 7.50. The highest BCUT2D eigenvalue weighted by Gasteiger charge is 2.26. The molecule has 1 aromatic carbocycles. The van der Waals surface area contributed by atoms with E-state index in [1.54, 1.807) is 0 Å². The van der Waals surface area contributed by atoms with E-state index < -0.39 is 0 Å². The summed E-state index contributed by atoms with van der Waals surface area (Å²) in [5.41, 5.74) is 9.09. The van der Waals surface area contributed by atoms with E-state index in [0.29, 0.717) is 6.04 Å². The Labute approximate surface area is 109 Å². The largest absolute Gasteiger partial charge is 0.323 e. The number of likely N-dealkylation sites (N-methyl/N-ethyl adjacent to an activating group) is 1. The summed E-state index contributed by atoms with van der Waals surface area (Å²) in [6, 6.07) is 9.34. The van der Waals surface area contributed by atoms with Gasteiger partial charge in [0.25, 0.3) is 0 Å². The van der Waals surface area contributed by atoms with Crippen LogP contribution in [-0.2, 0) is 6.42 Å². The molecule has 2 atom stereocenters. The van der Waals surface area contributed by atoms with Crippen molar-refractivity contribution in [3.05, 3.63) is 35.4 Å². The van der Waals surface area contributed by atoms with Gasteiger partial charge in [-0.3, -0.25) is 4.90 Å². The summed E-state index contributed by atoms with van der Waals surface area (Å²) in [5, 5.41) is 0. The predicted octanol–water partition coefficient (Wildman–Crippen LogP) is 2.30. The first-order chi connectivity index (χ1) is 8.22. The minimum Gasteiger partial charge on any atom is -0.323 e. The number of thioether (sulfide) groups is 1. The summed E-state index contributed by atoms with van der Waals surface area (Å²) in [4.78, 5) is 2.40. The molecule has 2 N–H and O–H groups in total. The standard InChI is InChI=1S/C14H22N2S/c1-3-11-5-4-6-12(9-11)14(15)13-10-17-8-7-16(13)2/h4-6,9,13-14H,3,7-8,10,15H2,1-2H3. The first-order valence-electron chi connectivity index (χ1n) is 6.34. The van der Waals surface area contributed by atoms with Crippen LogP contribution in [0.2, 0.25) is 0 Å². The lowest BCUT2D eigenvalue weighted by Crippen LogP contribution is -2.46. The van der Waals surface area contributed by atoms with E-state index in [4.69, 9.17) is 5.73 Å². The van der Waals surface area contributed by atoms with Gasteiger partial charge in [-0.25, -0.2) is 0 Å². The van der Waals surface area contributed by atoms with E-state index in [-0.39, 0.29) is 6.04 Å². The lowest BCUT2D eigenvalue weighted by molar-refractivity contribution is 0.237. The zero-order chi connectivity index (χ0) is 12.3. The molecule has 1 heterocycles. The Hall–Kier alpha value is -0.510. The van der Waals surface area contributed by atoms with Crippen molar-refractivity contribution in [2.24, 2.45) is 5.73 Å². The summed E-state index contributed by atoms with van der Waals surface area (Å²) in [5.74, 6) is 2.38. The molecule has 1 fully saturated rings. The van der Waals surface area contributed by atoms with Crippen molar-refractivity contribution in [2.75, 3.05) is 25.1 Å². The number of benzene rings is 1. The van der Waals surface area contributed by atoms with Crippen LogP contribution < -0.4 is 5.73 Å². The van der Waals surface area contributed by atoms with Crippen LogP contribution in [0.15, 0.2) is 24.3 Å². The summed E-state index contributed by atoms with van der Waals surface area (Å²) in [6.07, 6.45) is 1.08. The molecule has 0 aromatic heterocycles. The predicted molar refractivity (Wildman–Crippen MR) is 76.5 cm³/mol. The third kappa shape index (κ3) is 3.03. The van der Waals surface area contributed by atoms with E-state index in [2.05, 4.69) is 43.1 Å². The molecule has 0 spiro atoms. The van der Waals surface area contributed by atoms with Crippen molar-refractivity contribution in [2.45, 2.75) is 25.4 Å². The van der Waals surface area contributed by atoms with Crippen molar-refractivity contribution < 1.29 is 0 Å². The Morgan fingerprint density at radius 3 is 3.06 bits per heavy atom. The highest BCUT2D eigenvalue weighted by Crippen LogP contribution is 2.25. The zero-order valence-corrected chi connectivity index (χ0v) is 11.5. The molecule has 2 nitrogen and oxygen atoms in total. The average Bonchev–Trinajstić information content (AvgIpc) is 2.38. The SMILES string of the molecule is CCc1cccc(C(N)C2CSCCN2C)c1. The first kappa shape index (κ1) is 12.9. The van der Waals surface area contributed by atoms with E-state index in [1.165, 1.54) is 16.9 Å². The molecule has 0 radical (unpaired) electrons. The van der Waals surface area contributed by atoms with Gasteiger partial charge in [0.1, 0.15) is 0 Å². The topological polar surface area (TPSA) is 29.3 Å². The van der Waals surface area contributed by atoms with Gasteiger partial charge in [0, 0.05) is 30.1 Å². The Morgan fingerprint density at radius 1 is 1.53 bits per heavy atom. The Kier molecular flexibility index (Phi) is 4.48. The van der Waals surface area contributed by atoms with Crippen molar-refractivity contribution >= 4 is 11.8 Å². The van der Waals surface area contributed by atoms with Crippen LogP contribution in [0, 0.1) is 0 Å². The molecule has 0 bridgehead atoms. The van der Waals surface area contributed by atoms with Gasteiger partial charge >= 0.3 is 0 Å². The smallest absolute Gasteiger partial charge is 0.0461 e. The van der Waals surface area contributed by atoms with Crippen LogP contribution in [0.1, 0.15) is 24.1 Å². The van der Waals surface area contributed by atoms with Crippen molar-refractivity contribution in [1.82, 2.24) is 4.90 Å². The molecule has 0 aliphatic carbocycles. The van der Waals surface area contributed by atoms with Gasteiger partial charge in [0.2, 0.25) is 0 Å². The quantitative estimate of drug-likeness (QED) is 0.892. The third-order valence-electron chi connectivity index (χ3n) is 3.60. The fourth-order valence-corrected chi connectivity index (χ4v) is 3.61.